The van der Waals surface area contributed by atoms with Crippen LogP contribution in [-0.4, -0.2) is 24.3 Å². The van der Waals surface area contributed by atoms with Crippen molar-refractivity contribution in [3.8, 4) is 0 Å². The molecule has 72 valence electrons. The van der Waals surface area contributed by atoms with Crippen molar-refractivity contribution in [1.82, 2.24) is 0 Å². The molecule has 0 aromatic rings. The van der Waals surface area contributed by atoms with Crippen LogP contribution in [-0.2, 0) is 9.53 Å². The van der Waals surface area contributed by atoms with Crippen molar-refractivity contribution in [2.75, 3.05) is 13.0 Å². The van der Waals surface area contributed by atoms with Gasteiger partial charge in [-0.3, -0.25) is 4.79 Å². The third-order valence-corrected chi connectivity index (χ3v) is 2.45. The second-order valence-corrected chi connectivity index (χ2v) is 3.50. The van der Waals surface area contributed by atoms with Gasteiger partial charge in [-0.15, -0.1) is 23.2 Å². The van der Waals surface area contributed by atoms with Gasteiger partial charge < -0.3 is 4.74 Å². The maximum absolute atomic E-state index is 10.6. The predicted molar refractivity (Wildman–Crippen MR) is 50.8 cm³/mol. The number of esters is 1. The van der Waals surface area contributed by atoms with Crippen LogP contribution in [0.2, 0.25) is 0 Å². The van der Waals surface area contributed by atoms with Crippen molar-refractivity contribution in [1.29, 1.82) is 0 Å². The average molecular weight is 213 g/mol. The van der Waals surface area contributed by atoms with Crippen molar-refractivity contribution in [3.05, 3.63) is 0 Å². The maximum Gasteiger partial charge on any atom is 0.305 e. The van der Waals surface area contributed by atoms with Gasteiger partial charge in [-0.1, -0.05) is 6.42 Å². The van der Waals surface area contributed by atoms with Crippen LogP contribution in [0.25, 0.3) is 0 Å². The molecule has 0 rings (SSSR count). The fourth-order valence-electron chi connectivity index (χ4n) is 0.814. The van der Waals surface area contributed by atoms with E-state index in [1.54, 1.807) is 0 Å². The summed E-state index contributed by atoms with van der Waals surface area (Å²) in [6, 6.07) is 0. The van der Waals surface area contributed by atoms with Gasteiger partial charge in [0, 0.05) is 17.7 Å². The van der Waals surface area contributed by atoms with Gasteiger partial charge in [0.05, 0.1) is 7.11 Å². The number of rotatable bonds is 6. The molecule has 4 heteroatoms. The van der Waals surface area contributed by atoms with E-state index in [1.165, 1.54) is 7.11 Å². The molecule has 0 aromatic carbocycles. The Hall–Kier alpha value is 0.0500. The molecule has 0 radical (unpaired) electrons. The first kappa shape index (κ1) is 12.0. The highest BCUT2D eigenvalue weighted by molar-refractivity contribution is 6.28. The molecule has 0 fully saturated rings. The molecule has 0 bridgehead atoms. The molecule has 0 aliphatic heterocycles. The molecule has 0 spiro atoms. The average Bonchev–Trinajstić information content (AvgIpc) is 2.11. The number of halogens is 2. The zero-order valence-electron chi connectivity index (χ0n) is 7.19. The molecular formula is C8H14Cl2O2. The first-order valence-corrected chi connectivity index (χ1v) is 4.94. The highest BCUT2D eigenvalue weighted by Gasteiger charge is 2.03. The number of carbonyl (C=O) groups excluding carboxylic acids is 1. The number of hydrogen-bond acceptors (Lipinski definition) is 2. The zero-order chi connectivity index (χ0) is 9.40. The molecule has 0 aliphatic carbocycles. The molecule has 2 nitrogen and oxygen atoms in total. The number of ether oxygens (including phenoxy) is 1. The topological polar surface area (TPSA) is 26.3 Å². The normalized spacial score (nSPS) is 12.6. The second kappa shape index (κ2) is 7.69. The van der Waals surface area contributed by atoms with Gasteiger partial charge in [0.2, 0.25) is 0 Å². The highest BCUT2D eigenvalue weighted by atomic mass is 35.5. The van der Waals surface area contributed by atoms with E-state index in [4.69, 9.17) is 23.2 Å². The monoisotopic (exact) mass is 212 g/mol. The number of hydrogen-bond donors (Lipinski definition) is 0. The summed E-state index contributed by atoms with van der Waals surface area (Å²) in [7, 11) is 1.39. The minimum Gasteiger partial charge on any atom is -0.469 e. The van der Waals surface area contributed by atoms with Gasteiger partial charge >= 0.3 is 5.97 Å². The summed E-state index contributed by atoms with van der Waals surface area (Å²) < 4.78 is 4.49. The summed E-state index contributed by atoms with van der Waals surface area (Å²) >= 11 is 11.3. The minimum absolute atomic E-state index is 0.0318. The van der Waals surface area contributed by atoms with Crippen LogP contribution in [0.1, 0.15) is 25.7 Å². The molecule has 0 aromatic heterocycles. The van der Waals surface area contributed by atoms with Gasteiger partial charge in [-0.2, -0.15) is 0 Å². The van der Waals surface area contributed by atoms with Crippen molar-refractivity contribution in [2.45, 2.75) is 31.1 Å². The quantitative estimate of drug-likeness (QED) is 0.385. The van der Waals surface area contributed by atoms with Crippen LogP contribution >= 0.6 is 23.2 Å². The Bertz CT molecular complexity index is 128. The smallest absolute Gasteiger partial charge is 0.305 e. The van der Waals surface area contributed by atoms with Crippen molar-refractivity contribution in [2.24, 2.45) is 0 Å². The van der Waals surface area contributed by atoms with Crippen LogP contribution in [0.15, 0.2) is 0 Å². The first-order valence-electron chi connectivity index (χ1n) is 3.97. The molecule has 0 N–H and O–H groups in total. The van der Waals surface area contributed by atoms with E-state index in [-0.39, 0.29) is 11.3 Å². The Morgan fingerprint density at radius 1 is 1.50 bits per heavy atom. The van der Waals surface area contributed by atoms with Crippen molar-refractivity contribution >= 4 is 29.2 Å². The van der Waals surface area contributed by atoms with E-state index in [0.717, 1.165) is 19.3 Å². The lowest BCUT2D eigenvalue weighted by molar-refractivity contribution is -0.140. The summed E-state index contributed by atoms with van der Waals surface area (Å²) in [4.78, 5) is 10.6. The Morgan fingerprint density at radius 3 is 2.67 bits per heavy atom. The highest BCUT2D eigenvalue weighted by Crippen LogP contribution is 2.10. The molecule has 0 amide bonds. The Labute approximate surface area is 83.2 Å². The zero-order valence-corrected chi connectivity index (χ0v) is 8.70. The Morgan fingerprint density at radius 2 is 2.17 bits per heavy atom. The van der Waals surface area contributed by atoms with E-state index >= 15 is 0 Å². The SMILES string of the molecule is COC(=O)CCCCC(Cl)CCl. The van der Waals surface area contributed by atoms with Crippen LogP contribution in [0, 0.1) is 0 Å². The van der Waals surface area contributed by atoms with E-state index in [2.05, 4.69) is 4.74 Å². The number of alkyl halides is 2. The standard InChI is InChI=1S/C8H14Cl2O2/c1-12-8(11)5-3-2-4-7(10)6-9/h7H,2-6H2,1H3. The Balaban J connectivity index is 3.15. The summed E-state index contributed by atoms with van der Waals surface area (Å²) in [5, 5.41) is 0.0318. The van der Waals surface area contributed by atoms with E-state index < -0.39 is 0 Å². The van der Waals surface area contributed by atoms with E-state index in [0.29, 0.717) is 12.3 Å². The number of carbonyl (C=O) groups is 1. The molecular weight excluding hydrogens is 199 g/mol. The van der Waals surface area contributed by atoms with Gasteiger partial charge in [0.25, 0.3) is 0 Å². The molecule has 1 atom stereocenters. The molecule has 0 heterocycles. The number of methoxy groups -OCH3 is 1. The summed E-state index contributed by atoms with van der Waals surface area (Å²) in [6.07, 6.45) is 3.09. The number of unbranched alkanes of at least 4 members (excludes halogenated alkanes) is 1. The van der Waals surface area contributed by atoms with Crippen LogP contribution < -0.4 is 0 Å². The maximum atomic E-state index is 10.6. The molecule has 0 saturated carbocycles. The lowest BCUT2D eigenvalue weighted by Crippen LogP contribution is -2.02. The van der Waals surface area contributed by atoms with Gasteiger partial charge in [-0.05, 0) is 12.8 Å². The second-order valence-electron chi connectivity index (χ2n) is 2.57. The molecule has 0 saturated heterocycles. The van der Waals surface area contributed by atoms with Gasteiger partial charge in [0.1, 0.15) is 0 Å². The minimum atomic E-state index is -0.160. The van der Waals surface area contributed by atoms with Crippen LogP contribution in [0.4, 0.5) is 0 Å². The Kier molecular flexibility index (Phi) is 7.72. The first-order chi connectivity index (χ1) is 5.70. The summed E-state index contributed by atoms with van der Waals surface area (Å²) in [5.74, 6) is 0.312. The molecule has 1 unspecified atom stereocenters. The van der Waals surface area contributed by atoms with Crippen molar-refractivity contribution < 1.29 is 9.53 Å². The molecule has 12 heavy (non-hydrogen) atoms. The lowest BCUT2D eigenvalue weighted by atomic mass is 10.1. The molecule has 0 aliphatic rings. The summed E-state index contributed by atoms with van der Waals surface area (Å²) in [6.45, 7) is 0. The van der Waals surface area contributed by atoms with Crippen LogP contribution in [0.3, 0.4) is 0 Å². The fourth-order valence-corrected chi connectivity index (χ4v) is 1.12. The summed E-state index contributed by atoms with van der Waals surface area (Å²) in [5.41, 5.74) is 0. The van der Waals surface area contributed by atoms with Crippen LogP contribution in [0.5, 0.6) is 0 Å². The van der Waals surface area contributed by atoms with Gasteiger partial charge in [0.15, 0.2) is 0 Å². The predicted octanol–water partition coefficient (Wildman–Crippen LogP) is 2.57. The third kappa shape index (κ3) is 6.74. The fraction of sp³-hybridized carbons (Fsp3) is 0.875. The van der Waals surface area contributed by atoms with Crippen molar-refractivity contribution in [3.63, 3.8) is 0 Å². The largest absolute Gasteiger partial charge is 0.469 e. The van der Waals surface area contributed by atoms with E-state index in [1.807, 2.05) is 0 Å². The lowest BCUT2D eigenvalue weighted by Gasteiger charge is -2.03. The van der Waals surface area contributed by atoms with Gasteiger partial charge in [-0.25, -0.2) is 0 Å². The van der Waals surface area contributed by atoms with E-state index in [9.17, 15) is 4.79 Å². The third-order valence-electron chi connectivity index (χ3n) is 1.54.